The van der Waals surface area contributed by atoms with Crippen molar-refractivity contribution in [1.29, 1.82) is 0 Å². The van der Waals surface area contributed by atoms with Gasteiger partial charge in [-0.15, -0.1) is 0 Å². The minimum atomic E-state index is -0.304. The van der Waals surface area contributed by atoms with Crippen molar-refractivity contribution in [1.82, 2.24) is 9.88 Å². The Morgan fingerprint density at radius 1 is 1.32 bits per heavy atom. The Bertz CT molecular complexity index is 617. The maximum atomic E-state index is 11.4. The van der Waals surface area contributed by atoms with E-state index in [2.05, 4.69) is 26.1 Å². The van der Waals surface area contributed by atoms with Gasteiger partial charge in [0.15, 0.2) is 5.58 Å². The third kappa shape index (κ3) is 3.47. The van der Waals surface area contributed by atoms with Gasteiger partial charge in [-0.25, -0.2) is 4.79 Å². The zero-order valence-electron chi connectivity index (χ0n) is 12.1. The fourth-order valence-corrected chi connectivity index (χ4v) is 2.08. The molecule has 4 heteroatoms. The minimum Gasteiger partial charge on any atom is -0.408 e. The molecule has 0 aliphatic carbocycles. The van der Waals surface area contributed by atoms with E-state index in [1.807, 2.05) is 18.2 Å². The van der Waals surface area contributed by atoms with Crippen molar-refractivity contribution < 1.29 is 4.42 Å². The Morgan fingerprint density at radius 2 is 2.05 bits per heavy atom. The van der Waals surface area contributed by atoms with E-state index in [1.165, 1.54) is 5.56 Å². The Kier molecular flexibility index (Phi) is 3.80. The van der Waals surface area contributed by atoms with Crippen LogP contribution in [-0.2, 0) is 13.5 Å². The van der Waals surface area contributed by atoms with Crippen LogP contribution in [0, 0.1) is 0 Å². The van der Waals surface area contributed by atoms with Crippen LogP contribution in [0.25, 0.3) is 11.1 Å². The zero-order chi connectivity index (χ0) is 14.0. The summed E-state index contributed by atoms with van der Waals surface area (Å²) in [6, 6.07) is 5.95. The van der Waals surface area contributed by atoms with Crippen LogP contribution >= 0.6 is 0 Å². The first-order valence-corrected chi connectivity index (χ1v) is 6.70. The number of hydrogen-bond donors (Lipinski definition) is 1. The largest absolute Gasteiger partial charge is 0.419 e. The van der Waals surface area contributed by atoms with Crippen molar-refractivity contribution in [2.45, 2.75) is 39.2 Å². The number of benzene rings is 1. The highest BCUT2D eigenvalue weighted by atomic mass is 16.4. The Hall–Kier alpha value is -1.55. The Balaban J connectivity index is 2.02. The van der Waals surface area contributed by atoms with Crippen molar-refractivity contribution in [3.8, 4) is 0 Å². The van der Waals surface area contributed by atoms with Gasteiger partial charge < -0.3 is 9.73 Å². The first-order chi connectivity index (χ1) is 8.87. The highest BCUT2D eigenvalue weighted by Crippen LogP contribution is 2.15. The molecule has 19 heavy (non-hydrogen) atoms. The van der Waals surface area contributed by atoms with E-state index in [9.17, 15) is 4.79 Å². The van der Waals surface area contributed by atoms with E-state index in [0.717, 1.165) is 24.9 Å². The number of oxazole rings is 1. The summed E-state index contributed by atoms with van der Waals surface area (Å²) < 4.78 is 6.67. The highest BCUT2D eigenvalue weighted by molar-refractivity contribution is 5.73. The summed E-state index contributed by atoms with van der Waals surface area (Å²) >= 11 is 0. The van der Waals surface area contributed by atoms with Crippen molar-refractivity contribution in [3.63, 3.8) is 0 Å². The van der Waals surface area contributed by atoms with E-state index in [-0.39, 0.29) is 11.3 Å². The van der Waals surface area contributed by atoms with E-state index >= 15 is 0 Å². The molecular weight excluding hydrogens is 240 g/mol. The molecule has 0 unspecified atom stereocenters. The van der Waals surface area contributed by atoms with Crippen LogP contribution in [0.4, 0.5) is 0 Å². The summed E-state index contributed by atoms with van der Waals surface area (Å²) in [5.74, 6) is -0.304. The zero-order valence-corrected chi connectivity index (χ0v) is 12.1. The molecule has 1 N–H and O–H groups in total. The second kappa shape index (κ2) is 5.21. The molecule has 2 aromatic rings. The molecule has 1 heterocycles. The number of aryl methyl sites for hydroxylation is 2. The third-order valence-corrected chi connectivity index (χ3v) is 3.15. The summed E-state index contributed by atoms with van der Waals surface area (Å²) in [7, 11) is 1.74. The van der Waals surface area contributed by atoms with Crippen LogP contribution < -0.4 is 11.1 Å². The lowest BCUT2D eigenvalue weighted by Gasteiger charge is -2.20. The Morgan fingerprint density at radius 3 is 2.74 bits per heavy atom. The molecule has 0 bridgehead atoms. The number of nitrogens with one attached hydrogen (secondary N) is 1. The van der Waals surface area contributed by atoms with Gasteiger partial charge in [0, 0.05) is 12.6 Å². The van der Waals surface area contributed by atoms with Gasteiger partial charge in [-0.1, -0.05) is 6.07 Å². The number of nitrogens with zero attached hydrogens (tertiary/aromatic N) is 1. The average molecular weight is 262 g/mol. The number of rotatable bonds is 4. The van der Waals surface area contributed by atoms with E-state index in [1.54, 1.807) is 11.6 Å². The molecule has 0 atom stereocenters. The van der Waals surface area contributed by atoms with Gasteiger partial charge in [-0.05, 0) is 57.9 Å². The summed E-state index contributed by atoms with van der Waals surface area (Å²) in [5, 5.41) is 3.47. The number of fused-ring (bicyclic) bond motifs is 1. The fourth-order valence-electron chi connectivity index (χ4n) is 2.08. The SMILES string of the molecule is Cn1c(=O)oc2ccc(CCCNC(C)(C)C)cc21. The van der Waals surface area contributed by atoms with Crippen LogP contribution in [0.1, 0.15) is 32.8 Å². The molecule has 104 valence electrons. The monoisotopic (exact) mass is 262 g/mol. The molecule has 0 radical (unpaired) electrons. The molecule has 4 nitrogen and oxygen atoms in total. The van der Waals surface area contributed by atoms with Gasteiger partial charge in [0.25, 0.3) is 0 Å². The lowest BCUT2D eigenvalue weighted by molar-refractivity contribution is 0.422. The van der Waals surface area contributed by atoms with E-state index < -0.39 is 0 Å². The van der Waals surface area contributed by atoms with E-state index in [0.29, 0.717) is 5.58 Å². The Labute approximate surface area is 113 Å². The molecule has 0 aliphatic heterocycles. The maximum Gasteiger partial charge on any atom is 0.419 e. The summed E-state index contributed by atoms with van der Waals surface area (Å²) in [6.45, 7) is 7.49. The van der Waals surface area contributed by atoms with Crippen molar-refractivity contribution >= 4 is 11.1 Å². The van der Waals surface area contributed by atoms with Crippen LogP contribution in [0.2, 0.25) is 0 Å². The molecule has 0 aliphatic rings. The van der Waals surface area contributed by atoms with Crippen molar-refractivity contribution in [3.05, 3.63) is 34.3 Å². The predicted octanol–water partition coefficient (Wildman–Crippen LogP) is 2.45. The maximum absolute atomic E-state index is 11.4. The minimum absolute atomic E-state index is 0.165. The van der Waals surface area contributed by atoms with Crippen molar-refractivity contribution in [2.75, 3.05) is 6.54 Å². The highest BCUT2D eigenvalue weighted by Gasteiger charge is 2.08. The van der Waals surface area contributed by atoms with Gasteiger partial charge in [-0.3, -0.25) is 4.57 Å². The molecule has 0 saturated carbocycles. The molecular formula is C15H22N2O2. The summed E-state index contributed by atoms with van der Waals surface area (Å²) in [6.07, 6.45) is 2.08. The van der Waals surface area contributed by atoms with Crippen molar-refractivity contribution in [2.24, 2.45) is 7.05 Å². The number of aromatic nitrogens is 1. The first kappa shape index (κ1) is 13.9. The molecule has 2 rings (SSSR count). The molecule has 1 aromatic carbocycles. The number of hydrogen-bond acceptors (Lipinski definition) is 3. The van der Waals surface area contributed by atoms with Gasteiger partial charge >= 0.3 is 5.76 Å². The van der Waals surface area contributed by atoms with Crippen LogP contribution in [0.3, 0.4) is 0 Å². The average Bonchev–Trinajstić information content (AvgIpc) is 2.60. The summed E-state index contributed by atoms with van der Waals surface area (Å²) in [5.41, 5.74) is 2.92. The molecule has 1 aromatic heterocycles. The van der Waals surface area contributed by atoms with E-state index in [4.69, 9.17) is 4.42 Å². The quantitative estimate of drug-likeness (QED) is 0.861. The molecule has 0 amide bonds. The predicted molar refractivity (Wildman–Crippen MR) is 77.5 cm³/mol. The smallest absolute Gasteiger partial charge is 0.408 e. The van der Waals surface area contributed by atoms with Gasteiger partial charge in [0.1, 0.15) is 0 Å². The topological polar surface area (TPSA) is 47.2 Å². The molecule has 0 spiro atoms. The van der Waals surface area contributed by atoms with Crippen LogP contribution in [-0.4, -0.2) is 16.7 Å². The third-order valence-electron chi connectivity index (χ3n) is 3.15. The molecule has 0 fully saturated rings. The normalized spacial score (nSPS) is 12.2. The lowest BCUT2D eigenvalue weighted by Crippen LogP contribution is -2.36. The van der Waals surface area contributed by atoms with Gasteiger partial charge in [-0.2, -0.15) is 0 Å². The van der Waals surface area contributed by atoms with Gasteiger partial charge in [0.2, 0.25) is 0 Å². The standard InChI is InChI=1S/C15H22N2O2/c1-15(2,3)16-9-5-6-11-7-8-13-12(10-11)17(4)14(18)19-13/h7-8,10,16H,5-6,9H2,1-4H3. The first-order valence-electron chi connectivity index (χ1n) is 6.70. The second-order valence-electron chi connectivity index (χ2n) is 6.01. The summed E-state index contributed by atoms with van der Waals surface area (Å²) in [4.78, 5) is 11.4. The lowest BCUT2D eigenvalue weighted by atomic mass is 10.1. The molecule has 0 saturated heterocycles. The van der Waals surface area contributed by atoms with Crippen LogP contribution in [0.5, 0.6) is 0 Å². The fraction of sp³-hybridized carbons (Fsp3) is 0.533. The second-order valence-corrected chi connectivity index (χ2v) is 6.01. The van der Waals surface area contributed by atoms with Gasteiger partial charge in [0.05, 0.1) is 5.52 Å². The van der Waals surface area contributed by atoms with Crippen LogP contribution in [0.15, 0.2) is 27.4 Å².